The van der Waals surface area contributed by atoms with Crippen LogP contribution < -0.4 is 11.1 Å². The van der Waals surface area contributed by atoms with E-state index < -0.39 is 0 Å². The molecule has 0 radical (unpaired) electrons. The Labute approximate surface area is 137 Å². The SMILES string of the molecule is Cc1cc(Br)cc(C)c1Nc1cccc(Cl)c1C(N)=S. The molecular formula is C15H14BrClN2S. The molecule has 2 aromatic carbocycles. The summed E-state index contributed by atoms with van der Waals surface area (Å²) in [6, 6.07) is 9.68. The predicted octanol–water partition coefficient (Wildman–Crippen LogP) is 5.10. The van der Waals surface area contributed by atoms with Gasteiger partial charge < -0.3 is 11.1 Å². The summed E-state index contributed by atoms with van der Waals surface area (Å²) in [5.41, 5.74) is 10.6. The lowest BCUT2D eigenvalue weighted by Crippen LogP contribution is -2.13. The smallest absolute Gasteiger partial charge is 0.107 e. The van der Waals surface area contributed by atoms with Gasteiger partial charge in [-0.25, -0.2) is 0 Å². The molecule has 0 saturated heterocycles. The van der Waals surface area contributed by atoms with Crippen LogP contribution in [0, 0.1) is 13.8 Å². The van der Waals surface area contributed by atoms with Gasteiger partial charge in [0.2, 0.25) is 0 Å². The van der Waals surface area contributed by atoms with Gasteiger partial charge >= 0.3 is 0 Å². The minimum absolute atomic E-state index is 0.283. The monoisotopic (exact) mass is 368 g/mol. The van der Waals surface area contributed by atoms with Crippen molar-refractivity contribution in [2.24, 2.45) is 5.73 Å². The van der Waals surface area contributed by atoms with E-state index in [0.29, 0.717) is 10.6 Å². The molecule has 0 aliphatic rings. The molecule has 0 amide bonds. The number of anilines is 2. The lowest BCUT2D eigenvalue weighted by Gasteiger charge is -2.16. The first kappa shape index (κ1) is 15.3. The lowest BCUT2D eigenvalue weighted by atomic mass is 10.1. The third kappa shape index (κ3) is 3.14. The molecule has 0 heterocycles. The minimum atomic E-state index is 0.283. The summed E-state index contributed by atoms with van der Waals surface area (Å²) in [6.07, 6.45) is 0. The Hall–Kier alpha value is -1.10. The molecule has 0 atom stereocenters. The average Bonchev–Trinajstić information content (AvgIpc) is 2.33. The van der Waals surface area contributed by atoms with Crippen molar-refractivity contribution >= 4 is 56.1 Å². The van der Waals surface area contributed by atoms with Crippen molar-refractivity contribution in [1.29, 1.82) is 0 Å². The highest BCUT2D eigenvalue weighted by Crippen LogP contribution is 2.31. The van der Waals surface area contributed by atoms with E-state index in [1.165, 1.54) is 0 Å². The predicted molar refractivity (Wildman–Crippen MR) is 94.2 cm³/mol. The van der Waals surface area contributed by atoms with Gasteiger partial charge in [-0.2, -0.15) is 0 Å². The molecule has 0 spiro atoms. The van der Waals surface area contributed by atoms with Crippen molar-refractivity contribution in [2.45, 2.75) is 13.8 Å². The summed E-state index contributed by atoms with van der Waals surface area (Å²) in [6.45, 7) is 4.09. The third-order valence-corrected chi connectivity index (χ3v) is 3.99. The number of nitrogens with two attached hydrogens (primary N) is 1. The molecule has 20 heavy (non-hydrogen) atoms. The molecule has 0 unspecified atom stereocenters. The second-order valence-corrected chi connectivity index (χ2v) is 6.33. The highest BCUT2D eigenvalue weighted by molar-refractivity contribution is 9.10. The fourth-order valence-electron chi connectivity index (χ4n) is 2.12. The Morgan fingerprint density at radius 2 is 1.85 bits per heavy atom. The van der Waals surface area contributed by atoms with E-state index in [1.54, 1.807) is 6.07 Å². The van der Waals surface area contributed by atoms with E-state index in [4.69, 9.17) is 29.6 Å². The van der Waals surface area contributed by atoms with Gasteiger partial charge in [-0.1, -0.05) is 45.8 Å². The molecule has 2 rings (SSSR count). The molecule has 104 valence electrons. The van der Waals surface area contributed by atoms with Crippen molar-refractivity contribution in [2.75, 3.05) is 5.32 Å². The van der Waals surface area contributed by atoms with E-state index in [9.17, 15) is 0 Å². The molecule has 2 nitrogen and oxygen atoms in total. The molecule has 5 heteroatoms. The summed E-state index contributed by atoms with van der Waals surface area (Å²) >= 11 is 14.8. The molecule has 3 N–H and O–H groups in total. The highest BCUT2D eigenvalue weighted by atomic mass is 79.9. The number of nitrogens with one attached hydrogen (secondary N) is 1. The number of rotatable bonds is 3. The van der Waals surface area contributed by atoms with Gasteiger partial charge in [-0.05, 0) is 49.2 Å². The molecule has 0 fully saturated rings. The topological polar surface area (TPSA) is 38.0 Å². The van der Waals surface area contributed by atoms with Crippen LogP contribution >= 0.6 is 39.7 Å². The van der Waals surface area contributed by atoms with E-state index in [-0.39, 0.29) is 4.99 Å². The number of aryl methyl sites for hydroxylation is 2. The van der Waals surface area contributed by atoms with Gasteiger partial charge in [0.25, 0.3) is 0 Å². The molecule has 0 aliphatic carbocycles. The van der Waals surface area contributed by atoms with Crippen LogP contribution in [-0.2, 0) is 0 Å². The van der Waals surface area contributed by atoms with Crippen molar-refractivity contribution in [3.63, 3.8) is 0 Å². The fraction of sp³-hybridized carbons (Fsp3) is 0.133. The largest absolute Gasteiger partial charge is 0.389 e. The zero-order valence-corrected chi connectivity index (χ0v) is 14.3. The van der Waals surface area contributed by atoms with Crippen LogP contribution in [-0.4, -0.2) is 4.99 Å². The van der Waals surface area contributed by atoms with Crippen molar-refractivity contribution < 1.29 is 0 Å². The van der Waals surface area contributed by atoms with Crippen LogP contribution in [0.3, 0.4) is 0 Å². The van der Waals surface area contributed by atoms with Gasteiger partial charge in [0.05, 0.1) is 16.3 Å². The second kappa shape index (κ2) is 6.12. The van der Waals surface area contributed by atoms with Crippen LogP contribution in [0.15, 0.2) is 34.8 Å². The van der Waals surface area contributed by atoms with E-state index in [0.717, 1.165) is 27.0 Å². The first-order chi connectivity index (χ1) is 9.40. The van der Waals surface area contributed by atoms with E-state index >= 15 is 0 Å². The van der Waals surface area contributed by atoms with Crippen molar-refractivity contribution in [3.8, 4) is 0 Å². The maximum absolute atomic E-state index is 6.18. The molecular weight excluding hydrogens is 356 g/mol. The summed E-state index contributed by atoms with van der Waals surface area (Å²) < 4.78 is 1.05. The number of halogens is 2. The summed E-state index contributed by atoms with van der Waals surface area (Å²) in [4.78, 5) is 0.283. The maximum Gasteiger partial charge on any atom is 0.107 e. The normalized spacial score (nSPS) is 10.4. The van der Waals surface area contributed by atoms with Gasteiger partial charge in [-0.3, -0.25) is 0 Å². The fourth-order valence-corrected chi connectivity index (χ4v) is 3.36. The first-order valence-corrected chi connectivity index (χ1v) is 7.60. The summed E-state index contributed by atoms with van der Waals surface area (Å²) in [7, 11) is 0. The summed E-state index contributed by atoms with van der Waals surface area (Å²) in [5, 5.41) is 3.94. The van der Waals surface area contributed by atoms with Crippen LogP contribution in [0.25, 0.3) is 0 Å². The molecule has 2 aromatic rings. The van der Waals surface area contributed by atoms with E-state index in [2.05, 4.69) is 33.4 Å². The number of thiocarbonyl (C=S) groups is 1. The number of hydrogen-bond donors (Lipinski definition) is 2. The molecule has 0 bridgehead atoms. The Balaban J connectivity index is 2.51. The standard InChI is InChI=1S/C15H14BrClN2S/c1-8-6-10(16)7-9(2)14(8)19-12-5-3-4-11(17)13(12)15(18)20/h3-7,19H,1-2H3,(H2,18,20). The second-order valence-electron chi connectivity index (χ2n) is 4.57. The number of benzene rings is 2. The Kier molecular flexibility index (Phi) is 4.68. The van der Waals surface area contributed by atoms with Crippen molar-refractivity contribution in [1.82, 2.24) is 0 Å². The van der Waals surface area contributed by atoms with Gasteiger partial charge in [0.1, 0.15) is 4.99 Å². The maximum atomic E-state index is 6.18. The molecule has 0 aliphatic heterocycles. The molecule has 0 aromatic heterocycles. The highest BCUT2D eigenvalue weighted by Gasteiger charge is 2.12. The van der Waals surface area contributed by atoms with Crippen LogP contribution in [0.2, 0.25) is 5.02 Å². The Bertz CT molecular complexity index is 663. The van der Waals surface area contributed by atoms with Crippen LogP contribution in [0.1, 0.15) is 16.7 Å². The van der Waals surface area contributed by atoms with Crippen molar-refractivity contribution in [3.05, 3.63) is 56.5 Å². The quantitative estimate of drug-likeness (QED) is 0.739. The zero-order chi connectivity index (χ0) is 14.9. The van der Waals surface area contributed by atoms with Crippen LogP contribution in [0.4, 0.5) is 11.4 Å². The van der Waals surface area contributed by atoms with Gasteiger partial charge in [0.15, 0.2) is 0 Å². The molecule has 0 saturated carbocycles. The Morgan fingerprint density at radius 3 is 2.40 bits per heavy atom. The summed E-state index contributed by atoms with van der Waals surface area (Å²) in [5.74, 6) is 0. The number of hydrogen-bond acceptors (Lipinski definition) is 2. The first-order valence-electron chi connectivity index (χ1n) is 6.02. The van der Waals surface area contributed by atoms with Gasteiger partial charge in [0, 0.05) is 10.2 Å². The zero-order valence-electron chi connectivity index (χ0n) is 11.1. The lowest BCUT2D eigenvalue weighted by molar-refractivity contribution is 1.34. The Morgan fingerprint density at radius 1 is 1.25 bits per heavy atom. The van der Waals surface area contributed by atoms with Crippen LogP contribution in [0.5, 0.6) is 0 Å². The van der Waals surface area contributed by atoms with E-state index in [1.807, 2.05) is 26.0 Å². The third-order valence-electron chi connectivity index (χ3n) is 3.02. The average molecular weight is 370 g/mol. The van der Waals surface area contributed by atoms with Gasteiger partial charge in [-0.15, -0.1) is 0 Å². The minimum Gasteiger partial charge on any atom is -0.389 e.